The zero-order valence-corrected chi connectivity index (χ0v) is 19.0. The van der Waals surface area contributed by atoms with E-state index in [9.17, 15) is 18.0 Å². The lowest BCUT2D eigenvalue weighted by Crippen LogP contribution is -2.27. The van der Waals surface area contributed by atoms with Crippen molar-refractivity contribution in [3.63, 3.8) is 0 Å². The zero-order valence-electron chi connectivity index (χ0n) is 16.6. The Hall–Kier alpha value is -2.33. The molecule has 0 radical (unpaired) electrons. The molecule has 0 spiro atoms. The van der Waals surface area contributed by atoms with Gasteiger partial charge in [0.15, 0.2) is 11.0 Å². The van der Waals surface area contributed by atoms with Crippen molar-refractivity contribution in [2.24, 2.45) is 0 Å². The maximum Gasteiger partial charge on any atom is 0.417 e. The molecule has 0 fully saturated rings. The van der Waals surface area contributed by atoms with Gasteiger partial charge in [0.25, 0.3) is 5.91 Å². The summed E-state index contributed by atoms with van der Waals surface area (Å²) in [5.41, 5.74) is -0.605. The van der Waals surface area contributed by atoms with Crippen LogP contribution in [0.2, 0.25) is 0 Å². The fraction of sp³-hybridized carbons (Fsp3) is 0.286. The minimum Gasteiger partial charge on any atom is -0.345 e. The van der Waals surface area contributed by atoms with Crippen LogP contribution in [0, 0.1) is 0 Å². The number of nitrogens with one attached hydrogen (secondary N) is 1. The van der Waals surface area contributed by atoms with Crippen molar-refractivity contribution in [3.8, 4) is 5.69 Å². The number of hydrogen-bond acceptors (Lipinski definition) is 4. The molecule has 3 rings (SSSR count). The van der Waals surface area contributed by atoms with Crippen LogP contribution in [0.1, 0.15) is 41.5 Å². The molecule has 1 aromatic heterocycles. The van der Waals surface area contributed by atoms with E-state index in [1.807, 2.05) is 28.8 Å². The van der Waals surface area contributed by atoms with Gasteiger partial charge in [0.05, 0.1) is 17.7 Å². The third kappa shape index (κ3) is 5.88. The van der Waals surface area contributed by atoms with Crippen molar-refractivity contribution in [3.05, 3.63) is 70.0 Å². The maximum absolute atomic E-state index is 13.2. The van der Waals surface area contributed by atoms with Gasteiger partial charge in [0, 0.05) is 15.9 Å². The summed E-state index contributed by atoms with van der Waals surface area (Å²) >= 11 is 4.94. The van der Waals surface area contributed by atoms with E-state index in [0.29, 0.717) is 11.0 Å². The van der Waals surface area contributed by atoms with Crippen LogP contribution >= 0.6 is 27.7 Å². The number of alkyl halides is 3. The molecule has 0 saturated carbocycles. The highest BCUT2D eigenvalue weighted by Gasteiger charge is 2.34. The molecular formula is C21H20BrF3N4OS. The summed E-state index contributed by atoms with van der Waals surface area (Å²) in [5.74, 6) is 0.467. The molecule has 0 aliphatic heterocycles. The van der Waals surface area contributed by atoms with Crippen molar-refractivity contribution in [2.45, 2.75) is 37.6 Å². The molecule has 5 nitrogen and oxygen atoms in total. The Bertz CT molecular complexity index is 1040. The number of carbonyl (C=O) groups excluding carboxylic acids is 1. The van der Waals surface area contributed by atoms with Gasteiger partial charge >= 0.3 is 6.18 Å². The molecule has 1 heterocycles. The third-order valence-electron chi connectivity index (χ3n) is 4.40. The van der Waals surface area contributed by atoms with Gasteiger partial charge in [-0.1, -0.05) is 53.2 Å². The number of rotatable bonds is 8. The quantitative estimate of drug-likeness (QED) is 0.302. The first-order chi connectivity index (χ1) is 14.8. The van der Waals surface area contributed by atoms with E-state index >= 15 is 0 Å². The molecule has 2 aromatic carbocycles. The summed E-state index contributed by atoms with van der Waals surface area (Å²) < 4.78 is 42.4. The molecule has 0 unspecified atom stereocenters. The normalized spacial score (nSPS) is 11.5. The number of hydrogen-bond donors (Lipinski definition) is 1. The molecule has 0 atom stereocenters. The largest absolute Gasteiger partial charge is 0.417 e. The van der Waals surface area contributed by atoms with E-state index in [0.717, 1.165) is 40.9 Å². The number of halogens is 4. The number of thioether (sulfide) groups is 1. The summed E-state index contributed by atoms with van der Waals surface area (Å²) in [7, 11) is 0. The van der Waals surface area contributed by atoms with Crippen LogP contribution in [0.15, 0.2) is 58.2 Å². The first kappa shape index (κ1) is 23.3. The Morgan fingerprint density at radius 3 is 2.52 bits per heavy atom. The molecular weight excluding hydrogens is 493 g/mol. The van der Waals surface area contributed by atoms with E-state index < -0.39 is 23.2 Å². The molecule has 1 N–H and O–H groups in total. The Labute approximate surface area is 190 Å². The molecule has 0 aliphatic rings. The van der Waals surface area contributed by atoms with Gasteiger partial charge < -0.3 is 5.32 Å². The van der Waals surface area contributed by atoms with Crippen molar-refractivity contribution in [1.29, 1.82) is 0 Å². The number of benzene rings is 2. The molecule has 1 amide bonds. The highest BCUT2D eigenvalue weighted by atomic mass is 79.9. The molecule has 0 aliphatic carbocycles. The van der Waals surface area contributed by atoms with Crippen LogP contribution in [0.4, 0.5) is 13.2 Å². The monoisotopic (exact) mass is 512 g/mol. The Morgan fingerprint density at radius 2 is 1.84 bits per heavy atom. The molecule has 0 bridgehead atoms. The number of unbranched alkanes of at least 4 members (excludes halogenated alkanes) is 1. The van der Waals surface area contributed by atoms with Gasteiger partial charge in [-0.25, -0.2) is 0 Å². The predicted octanol–water partition coefficient (Wildman–Crippen LogP) is 5.87. The van der Waals surface area contributed by atoms with E-state index in [1.165, 1.54) is 12.1 Å². The van der Waals surface area contributed by atoms with Crippen LogP contribution in [-0.4, -0.2) is 26.4 Å². The van der Waals surface area contributed by atoms with Crippen molar-refractivity contribution >= 4 is 33.6 Å². The van der Waals surface area contributed by atoms with Crippen molar-refractivity contribution in [1.82, 2.24) is 20.1 Å². The van der Waals surface area contributed by atoms with Crippen LogP contribution in [0.25, 0.3) is 5.69 Å². The SMILES string of the molecule is CCCCSc1nnc(CNC(=O)c2ccccc2C(F)(F)F)n1-c1ccc(Br)cc1. The van der Waals surface area contributed by atoms with Gasteiger partial charge in [-0.3, -0.25) is 9.36 Å². The molecule has 0 saturated heterocycles. The average molecular weight is 513 g/mol. The molecule has 164 valence electrons. The summed E-state index contributed by atoms with van der Waals surface area (Å²) in [6.45, 7) is 2.03. The average Bonchev–Trinajstić information content (AvgIpc) is 3.15. The predicted molar refractivity (Wildman–Crippen MR) is 117 cm³/mol. The zero-order chi connectivity index (χ0) is 22.4. The van der Waals surface area contributed by atoms with Crippen LogP contribution in [0.3, 0.4) is 0 Å². The standard InChI is InChI=1S/C21H20BrF3N4OS/c1-2-3-12-31-20-28-27-18(29(20)15-10-8-14(22)9-11-15)13-26-19(30)16-6-4-5-7-17(16)21(23,24)25/h4-11H,2-3,12-13H2,1H3,(H,26,30). The van der Waals surface area contributed by atoms with Gasteiger partial charge in [-0.05, 0) is 42.8 Å². The first-order valence-corrected chi connectivity index (χ1v) is 11.4. The summed E-state index contributed by atoms with van der Waals surface area (Å²) in [5, 5.41) is 11.6. The van der Waals surface area contributed by atoms with Gasteiger partial charge in [0.1, 0.15) is 0 Å². The Kier molecular flexibility index (Phi) is 7.77. The smallest absolute Gasteiger partial charge is 0.345 e. The lowest BCUT2D eigenvalue weighted by molar-refractivity contribution is -0.137. The van der Waals surface area contributed by atoms with E-state index in [-0.39, 0.29) is 6.54 Å². The summed E-state index contributed by atoms with van der Waals surface area (Å²) in [6.07, 6.45) is -2.56. The minimum absolute atomic E-state index is 0.0670. The van der Waals surface area contributed by atoms with E-state index in [2.05, 4.69) is 38.4 Å². The van der Waals surface area contributed by atoms with E-state index in [4.69, 9.17) is 0 Å². The first-order valence-electron chi connectivity index (χ1n) is 9.58. The molecule has 10 heteroatoms. The lowest BCUT2D eigenvalue weighted by atomic mass is 10.1. The highest BCUT2D eigenvalue weighted by Crippen LogP contribution is 2.32. The van der Waals surface area contributed by atoms with Crippen LogP contribution in [-0.2, 0) is 12.7 Å². The summed E-state index contributed by atoms with van der Waals surface area (Å²) in [6, 6.07) is 12.2. The number of carbonyl (C=O) groups is 1. The van der Waals surface area contributed by atoms with Crippen LogP contribution < -0.4 is 5.32 Å². The van der Waals surface area contributed by atoms with Gasteiger partial charge in [0.2, 0.25) is 0 Å². The van der Waals surface area contributed by atoms with Gasteiger partial charge in [-0.15, -0.1) is 10.2 Å². The topological polar surface area (TPSA) is 59.8 Å². The highest BCUT2D eigenvalue weighted by molar-refractivity contribution is 9.10. The number of amides is 1. The second-order valence-corrected chi connectivity index (χ2v) is 8.62. The number of nitrogens with zero attached hydrogens (tertiary/aromatic N) is 3. The second kappa shape index (κ2) is 10.3. The number of aromatic nitrogens is 3. The third-order valence-corrected chi connectivity index (χ3v) is 5.94. The second-order valence-electron chi connectivity index (χ2n) is 6.64. The van der Waals surface area contributed by atoms with Crippen molar-refractivity contribution < 1.29 is 18.0 Å². The molecule has 3 aromatic rings. The lowest BCUT2D eigenvalue weighted by Gasteiger charge is -2.13. The Balaban J connectivity index is 1.85. The van der Waals surface area contributed by atoms with E-state index in [1.54, 1.807) is 11.8 Å². The fourth-order valence-electron chi connectivity index (χ4n) is 2.85. The fourth-order valence-corrected chi connectivity index (χ4v) is 4.17. The van der Waals surface area contributed by atoms with Crippen LogP contribution in [0.5, 0.6) is 0 Å². The molecule has 31 heavy (non-hydrogen) atoms. The summed E-state index contributed by atoms with van der Waals surface area (Å²) in [4.78, 5) is 12.5. The van der Waals surface area contributed by atoms with Gasteiger partial charge in [-0.2, -0.15) is 13.2 Å². The maximum atomic E-state index is 13.2. The van der Waals surface area contributed by atoms with Crippen molar-refractivity contribution in [2.75, 3.05) is 5.75 Å². The minimum atomic E-state index is -4.62. The Morgan fingerprint density at radius 1 is 1.13 bits per heavy atom.